The SMILES string of the molecule is Cc1cccnc1-n1c(SCCOc2cccc(Cl)c2)nc2ccccc2c1=O. The number of halogens is 1. The molecule has 0 spiro atoms. The topological polar surface area (TPSA) is 57.0 Å². The summed E-state index contributed by atoms with van der Waals surface area (Å²) >= 11 is 7.45. The predicted molar refractivity (Wildman–Crippen MR) is 118 cm³/mol. The van der Waals surface area contributed by atoms with Gasteiger partial charge in [-0.2, -0.15) is 0 Å². The van der Waals surface area contributed by atoms with Crippen LogP contribution in [0.15, 0.2) is 76.8 Å². The Hall–Kier alpha value is -2.83. The molecule has 5 nitrogen and oxygen atoms in total. The zero-order valence-corrected chi connectivity index (χ0v) is 17.3. The Morgan fingerprint density at radius 3 is 2.79 bits per heavy atom. The molecule has 0 aliphatic carbocycles. The van der Waals surface area contributed by atoms with Crippen LogP contribution in [0.1, 0.15) is 5.56 Å². The van der Waals surface area contributed by atoms with Gasteiger partial charge in [0.25, 0.3) is 5.56 Å². The molecule has 29 heavy (non-hydrogen) atoms. The van der Waals surface area contributed by atoms with Crippen molar-refractivity contribution in [3.05, 3.63) is 87.8 Å². The van der Waals surface area contributed by atoms with E-state index in [1.54, 1.807) is 29.0 Å². The number of benzene rings is 2. The lowest BCUT2D eigenvalue weighted by Gasteiger charge is -2.14. The smallest absolute Gasteiger partial charge is 0.267 e. The molecule has 4 rings (SSSR count). The van der Waals surface area contributed by atoms with Crippen molar-refractivity contribution in [1.29, 1.82) is 0 Å². The van der Waals surface area contributed by atoms with E-state index in [2.05, 4.69) is 4.98 Å². The van der Waals surface area contributed by atoms with Crippen LogP contribution in [0, 0.1) is 6.92 Å². The highest BCUT2D eigenvalue weighted by atomic mass is 35.5. The molecule has 0 amide bonds. The van der Waals surface area contributed by atoms with Gasteiger partial charge in [0.15, 0.2) is 5.16 Å². The first-order valence-corrected chi connectivity index (χ1v) is 10.4. The molecule has 0 aliphatic heterocycles. The van der Waals surface area contributed by atoms with Crippen LogP contribution >= 0.6 is 23.4 Å². The van der Waals surface area contributed by atoms with Crippen LogP contribution in [0.25, 0.3) is 16.7 Å². The van der Waals surface area contributed by atoms with Gasteiger partial charge in [0.05, 0.1) is 17.5 Å². The number of aromatic nitrogens is 3. The average molecular weight is 424 g/mol. The molecule has 0 saturated carbocycles. The van der Waals surface area contributed by atoms with Crippen LogP contribution < -0.4 is 10.3 Å². The Kier molecular flexibility index (Phi) is 5.83. The maximum Gasteiger partial charge on any atom is 0.267 e. The molecule has 146 valence electrons. The van der Waals surface area contributed by atoms with Crippen molar-refractivity contribution in [2.75, 3.05) is 12.4 Å². The summed E-state index contributed by atoms with van der Waals surface area (Å²) in [5, 5.41) is 1.79. The second kappa shape index (κ2) is 8.68. The first kappa shape index (κ1) is 19.5. The number of ether oxygens (including phenoxy) is 1. The number of aryl methyl sites for hydroxylation is 1. The Bertz CT molecular complexity index is 1230. The second-order valence-electron chi connectivity index (χ2n) is 6.35. The summed E-state index contributed by atoms with van der Waals surface area (Å²) < 4.78 is 7.34. The Labute approximate surface area is 177 Å². The molecule has 0 fully saturated rings. The van der Waals surface area contributed by atoms with Gasteiger partial charge in [-0.05, 0) is 48.9 Å². The highest BCUT2D eigenvalue weighted by molar-refractivity contribution is 7.99. The second-order valence-corrected chi connectivity index (χ2v) is 7.85. The molecular formula is C22H18ClN3O2S. The normalized spacial score (nSPS) is 11.0. The molecule has 2 heterocycles. The average Bonchev–Trinajstić information content (AvgIpc) is 2.72. The van der Waals surface area contributed by atoms with E-state index in [4.69, 9.17) is 21.3 Å². The Morgan fingerprint density at radius 1 is 1.10 bits per heavy atom. The van der Waals surface area contributed by atoms with Gasteiger partial charge in [0.1, 0.15) is 11.6 Å². The summed E-state index contributed by atoms with van der Waals surface area (Å²) in [7, 11) is 0. The minimum absolute atomic E-state index is 0.129. The van der Waals surface area contributed by atoms with Gasteiger partial charge in [-0.3, -0.25) is 4.79 Å². The third-order valence-corrected chi connectivity index (χ3v) is 5.46. The number of thioether (sulfide) groups is 1. The number of nitrogens with zero attached hydrogens (tertiary/aromatic N) is 3. The van der Waals surface area contributed by atoms with Crippen molar-refractivity contribution in [2.45, 2.75) is 12.1 Å². The maximum absolute atomic E-state index is 13.2. The van der Waals surface area contributed by atoms with Gasteiger partial charge >= 0.3 is 0 Å². The summed E-state index contributed by atoms with van der Waals surface area (Å²) in [6, 6.07) is 18.4. The van der Waals surface area contributed by atoms with Crippen LogP contribution in [0.2, 0.25) is 5.02 Å². The zero-order chi connectivity index (χ0) is 20.2. The molecule has 7 heteroatoms. The molecule has 0 aliphatic rings. The van der Waals surface area contributed by atoms with E-state index in [9.17, 15) is 4.79 Å². The third kappa shape index (κ3) is 4.28. The first-order chi connectivity index (χ1) is 14.1. The van der Waals surface area contributed by atoms with Crippen LogP contribution in [-0.4, -0.2) is 26.9 Å². The molecule has 0 bridgehead atoms. The van der Waals surface area contributed by atoms with Crippen LogP contribution in [0.3, 0.4) is 0 Å². The van der Waals surface area contributed by atoms with Crippen molar-refractivity contribution < 1.29 is 4.74 Å². The van der Waals surface area contributed by atoms with Gasteiger partial charge in [-0.1, -0.05) is 47.6 Å². The fourth-order valence-electron chi connectivity index (χ4n) is 2.96. The molecule has 2 aromatic heterocycles. The minimum Gasteiger partial charge on any atom is -0.493 e. The van der Waals surface area contributed by atoms with Crippen LogP contribution in [0.4, 0.5) is 0 Å². The van der Waals surface area contributed by atoms with E-state index in [0.717, 1.165) is 5.56 Å². The third-order valence-electron chi connectivity index (χ3n) is 4.32. The van der Waals surface area contributed by atoms with E-state index in [0.29, 0.717) is 45.0 Å². The summed E-state index contributed by atoms with van der Waals surface area (Å²) in [6.45, 7) is 2.38. The summed E-state index contributed by atoms with van der Waals surface area (Å²) in [5.74, 6) is 1.92. The number of hydrogen-bond donors (Lipinski definition) is 0. The molecule has 0 saturated heterocycles. The van der Waals surface area contributed by atoms with Gasteiger partial charge in [0.2, 0.25) is 0 Å². The van der Waals surface area contributed by atoms with Gasteiger partial charge < -0.3 is 4.74 Å². The number of para-hydroxylation sites is 1. The van der Waals surface area contributed by atoms with E-state index < -0.39 is 0 Å². The number of hydrogen-bond acceptors (Lipinski definition) is 5. The molecule has 2 aromatic carbocycles. The number of fused-ring (bicyclic) bond motifs is 1. The van der Waals surface area contributed by atoms with Crippen molar-refractivity contribution in [1.82, 2.24) is 14.5 Å². The van der Waals surface area contributed by atoms with Gasteiger partial charge in [-0.15, -0.1) is 0 Å². The largest absolute Gasteiger partial charge is 0.493 e. The van der Waals surface area contributed by atoms with Crippen molar-refractivity contribution in [2.24, 2.45) is 0 Å². The molecule has 0 atom stereocenters. The fourth-order valence-corrected chi connectivity index (χ4v) is 3.95. The Morgan fingerprint density at radius 2 is 1.97 bits per heavy atom. The lowest BCUT2D eigenvalue weighted by molar-refractivity contribution is 0.344. The quantitative estimate of drug-likeness (QED) is 0.250. The summed E-state index contributed by atoms with van der Waals surface area (Å²) in [6.07, 6.45) is 1.68. The lowest BCUT2D eigenvalue weighted by Crippen LogP contribution is -2.23. The molecule has 0 unspecified atom stereocenters. The molecule has 0 N–H and O–H groups in total. The van der Waals surface area contributed by atoms with Crippen LogP contribution in [0.5, 0.6) is 5.75 Å². The van der Waals surface area contributed by atoms with E-state index in [-0.39, 0.29) is 5.56 Å². The first-order valence-electron chi connectivity index (χ1n) is 9.08. The zero-order valence-electron chi connectivity index (χ0n) is 15.7. The standard InChI is InChI=1S/C22H18ClN3O2S/c1-15-6-5-11-24-20(15)26-21(27)18-9-2-3-10-19(18)25-22(26)29-13-12-28-17-8-4-7-16(23)14-17/h2-11,14H,12-13H2,1H3. The van der Waals surface area contributed by atoms with Gasteiger partial charge in [0, 0.05) is 17.0 Å². The highest BCUT2D eigenvalue weighted by Crippen LogP contribution is 2.23. The predicted octanol–water partition coefficient (Wildman–Crippen LogP) is 4.91. The Balaban J connectivity index is 1.65. The van der Waals surface area contributed by atoms with Crippen molar-refractivity contribution >= 4 is 34.3 Å². The highest BCUT2D eigenvalue weighted by Gasteiger charge is 2.15. The van der Waals surface area contributed by atoms with E-state index in [1.165, 1.54) is 11.8 Å². The minimum atomic E-state index is -0.129. The van der Waals surface area contributed by atoms with Crippen LogP contribution in [-0.2, 0) is 0 Å². The summed E-state index contributed by atoms with van der Waals surface area (Å²) in [5.41, 5.74) is 1.44. The van der Waals surface area contributed by atoms with Crippen molar-refractivity contribution in [3.8, 4) is 11.6 Å². The monoisotopic (exact) mass is 423 g/mol. The maximum atomic E-state index is 13.2. The summed E-state index contributed by atoms with van der Waals surface area (Å²) in [4.78, 5) is 22.4. The van der Waals surface area contributed by atoms with E-state index in [1.807, 2.05) is 49.4 Å². The number of pyridine rings is 1. The molecular weight excluding hydrogens is 406 g/mol. The fraction of sp³-hybridized carbons (Fsp3) is 0.136. The van der Waals surface area contributed by atoms with Crippen molar-refractivity contribution in [3.63, 3.8) is 0 Å². The molecule has 0 radical (unpaired) electrons. The lowest BCUT2D eigenvalue weighted by atomic mass is 10.2. The number of rotatable bonds is 6. The van der Waals surface area contributed by atoms with Gasteiger partial charge in [-0.25, -0.2) is 14.5 Å². The van der Waals surface area contributed by atoms with E-state index >= 15 is 0 Å². The molecule has 4 aromatic rings.